The number of benzene rings is 2. The van der Waals surface area contributed by atoms with Crippen LogP contribution in [-0.2, 0) is 22.6 Å². The van der Waals surface area contributed by atoms with Gasteiger partial charge in [-0.1, -0.05) is 30.3 Å². The molecule has 1 aliphatic heterocycles. The van der Waals surface area contributed by atoms with Crippen molar-refractivity contribution < 1.29 is 28.2 Å². The number of methoxy groups -OCH3 is 2. The lowest BCUT2D eigenvalue weighted by Crippen LogP contribution is -2.44. The zero-order valence-corrected chi connectivity index (χ0v) is 22.7. The van der Waals surface area contributed by atoms with Crippen molar-refractivity contribution in [1.29, 1.82) is 0 Å². The van der Waals surface area contributed by atoms with Crippen LogP contribution in [0.15, 0.2) is 71.3 Å². The van der Waals surface area contributed by atoms with E-state index in [9.17, 15) is 9.59 Å². The molecule has 1 saturated heterocycles. The van der Waals surface area contributed by atoms with Crippen LogP contribution in [0, 0.1) is 0 Å². The molecule has 0 spiro atoms. The number of furan rings is 1. The van der Waals surface area contributed by atoms with Crippen molar-refractivity contribution in [3.63, 3.8) is 0 Å². The number of carbonyl (C=O) groups excluding carboxylic acids is 2. The van der Waals surface area contributed by atoms with Gasteiger partial charge in [0.15, 0.2) is 0 Å². The number of nitrogens with zero attached hydrogens (tertiary/aromatic N) is 3. The second kappa shape index (κ2) is 14.4. The minimum Gasteiger partial charge on any atom is -0.497 e. The fraction of sp³-hybridized carbons (Fsp3) is 0.400. The summed E-state index contributed by atoms with van der Waals surface area (Å²) < 4.78 is 21.7. The lowest BCUT2D eigenvalue weighted by molar-refractivity contribution is -0.133. The van der Waals surface area contributed by atoms with Crippen LogP contribution in [0.25, 0.3) is 0 Å². The molecule has 0 radical (unpaired) electrons. The first-order valence-electron chi connectivity index (χ1n) is 13.2. The average Bonchev–Trinajstić information content (AvgIpc) is 3.50. The molecule has 2 amide bonds. The van der Waals surface area contributed by atoms with Gasteiger partial charge < -0.3 is 28.4 Å². The van der Waals surface area contributed by atoms with Gasteiger partial charge in [0.2, 0.25) is 5.91 Å². The highest BCUT2D eigenvalue weighted by molar-refractivity contribution is 5.97. The highest BCUT2D eigenvalue weighted by Gasteiger charge is 2.24. The average molecular weight is 536 g/mol. The smallest absolute Gasteiger partial charge is 0.254 e. The van der Waals surface area contributed by atoms with Crippen molar-refractivity contribution in [2.45, 2.75) is 19.5 Å². The molecule has 1 aromatic heterocycles. The van der Waals surface area contributed by atoms with Crippen LogP contribution in [0.1, 0.15) is 28.1 Å². The van der Waals surface area contributed by atoms with Crippen LogP contribution < -0.4 is 9.47 Å². The normalized spacial score (nSPS) is 13.6. The zero-order chi connectivity index (χ0) is 27.5. The van der Waals surface area contributed by atoms with Gasteiger partial charge in [0, 0.05) is 44.4 Å². The number of morpholine rings is 1. The molecule has 1 fully saturated rings. The summed E-state index contributed by atoms with van der Waals surface area (Å²) in [7, 11) is 3.09. The third-order valence-electron chi connectivity index (χ3n) is 6.71. The van der Waals surface area contributed by atoms with Crippen LogP contribution in [-0.4, -0.2) is 86.7 Å². The van der Waals surface area contributed by atoms with Crippen molar-refractivity contribution in [3.8, 4) is 11.5 Å². The number of rotatable bonds is 13. The summed E-state index contributed by atoms with van der Waals surface area (Å²) >= 11 is 0. The van der Waals surface area contributed by atoms with E-state index in [2.05, 4.69) is 4.90 Å². The van der Waals surface area contributed by atoms with Crippen molar-refractivity contribution in [1.82, 2.24) is 14.7 Å². The van der Waals surface area contributed by atoms with E-state index in [0.29, 0.717) is 55.7 Å². The van der Waals surface area contributed by atoms with Gasteiger partial charge in [0.25, 0.3) is 5.91 Å². The Hall–Kier alpha value is -3.82. The van der Waals surface area contributed by atoms with Crippen LogP contribution in [0.5, 0.6) is 11.5 Å². The molecular formula is C30H37N3O6. The van der Waals surface area contributed by atoms with Crippen molar-refractivity contribution in [2.24, 2.45) is 0 Å². The molecule has 0 saturated carbocycles. The van der Waals surface area contributed by atoms with Crippen LogP contribution >= 0.6 is 0 Å². The second-order valence-electron chi connectivity index (χ2n) is 9.45. The Balaban J connectivity index is 1.53. The molecule has 0 bridgehead atoms. The van der Waals surface area contributed by atoms with Crippen molar-refractivity contribution in [2.75, 3.05) is 60.2 Å². The minimum atomic E-state index is -0.250. The maximum atomic E-state index is 13.8. The topological polar surface area (TPSA) is 84.7 Å². The van der Waals surface area contributed by atoms with Gasteiger partial charge in [0.05, 0.1) is 40.2 Å². The Morgan fingerprint density at radius 1 is 0.897 bits per heavy atom. The van der Waals surface area contributed by atoms with Crippen molar-refractivity contribution in [3.05, 3.63) is 83.8 Å². The molecule has 208 valence electrons. The van der Waals surface area contributed by atoms with E-state index in [1.807, 2.05) is 36.4 Å². The number of carbonyl (C=O) groups is 2. The minimum absolute atomic E-state index is 0.0605. The van der Waals surface area contributed by atoms with E-state index in [0.717, 1.165) is 31.6 Å². The Kier molecular flexibility index (Phi) is 10.4. The summed E-state index contributed by atoms with van der Waals surface area (Å²) in [6.07, 6.45) is 2.33. The molecule has 39 heavy (non-hydrogen) atoms. The highest BCUT2D eigenvalue weighted by atomic mass is 16.5. The Morgan fingerprint density at radius 3 is 2.26 bits per heavy atom. The van der Waals surface area contributed by atoms with E-state index >= 15 is 0 Å². The largest absolute Gasteiger partial charge is 0.497 e. The standard InChI is InChI=1S/C30H37N3O6/c1-36-27-18-25(19-28(20-27)37-2)30(35)32(12-7-11-31-13-16-38-17-14-31)23-29(34)33(22-26-10-6-15-39-26)21-24-8-4-3-5-9-24/h3-6,8-10,15,18-20H,7,11-14,16-17,21-23H2,1-2H3. The number of hydrogen-bond acceptors (Lipinski definition) is 7. The summed E-state index contributed by atoms with van der Waals surface area (Å²) in [4.78, 5) is 33.2. The molecule has 2 heterocycles. The van der Waals surface area contributed by atoms with E-state index < -0.39 is 0 Å². The van der Waals surface area contributed by atoms with Crippen LogP contribution in [0.3, 0.4) is 0 Å². The van der Waals surface area contributed by atoms with E-state index in [-0.39, 0.29) is 18.4 Å². The number of amides is 2. The lowest BCUT2D eigenvalue weighted by atomic mass is 10.1. The highest BCUT2D eigenvalue weighted by Crippen LogP contribution is 2.24. The third kappa shape index (κ3) is 8.33. The van der Waals surface area contributed by atoms with E-state index in [4.69, 9.17) is 18.6 Å². The fourth-order valence-electron chi connectivity index (χ4n) is 4.57. The summed E-state index contributed by atoms with van der Waals surface area (Å²) in [6, 6.07) is 18.5. The van der Waals surface area contributed by atoms with Gasteiger partial charge in [-0.3, -0.25) is 14.5 Å². The molecule has 4 rings (SSSR count). The first kappa shape index (κ1) is 28.2. The summed E-state index contributed by atoms with van der Waals surface area (Å²) in [5, 5.41) is 0. The van der Waals surface area contributed by atoms with Crippen LogP contribution in [0.2, 0.25) is 0 Å². The molecule has 3 aromatic rings. The van der Waals surface area contributed by atoms with Gasteiger partial charge >= 0.3 is 0 Å². The summed E-state index contributed by atoms with van der Waals surface area (Å²) in [6.45, 7) is 5.08. The Bertz CT molecular complexity index is 1160. The Morgan fingerprint density at radius 2 is 1.62 bits per heavy atom. The number of hydrogen-bond donors (Lipinski definition) is 0. The number of ether oxygens (including phenoxy) is 3. The lowest BCUT2D eigenvalue weighted by Gasteiger charge is -2.30. The zero-order valence-electron chi connectivity index (χ0n) is 22.7. The monoisotopic (exact) mass is 535 g/mol. The first-order valence-corrected chi connectivity index (χ1v) is 13.2. The SMILES string of the molecule is COc1cc(OC)cc(C(=O)N(CCCN2CCOCC2)CC(=O)N(Cc2ccccc2)Cc2ccco2)c1. The van der Waals surface area contributed by atoms with Gasteiger partial charge in [-0.25, -0.2) is 0 Å². The second-order valence-corrected chi connectivity index (χ2v) is 9.45. The van der Waals surface area contributed by atoms with E-state index in [1.54, 1.807) is 54.5 Å². The van der Waals surface area contributed by atoms with Gasteiger partial charge in [-0.2, -0.15) is 0 Å². The predicted octanol–water partition coefficient (Wildman–Crippen LogP) is 3.69. The molecule has 0 aliphatic carbocycles. The van der Waals surface area contributed by atoms with Crippen molar-refractivity contribution >= 4 is 11.8 Å². The molecule has 0 N–H and O–H groups in total. The van der Waals surface area contributed by atoms with Crippen LogP contribution in [0.4, 0.5) is 0 Å². The fourth-order valence-corrected chi connectivity index (χ4v) is 4.57. The summed E-state index contributed by atoms with van der Waals surface area (Å²) in [5.74, 6) is 1.30. The van der Waals surface area contributed by atoms with Gasteiger partial charge in [-0.15, -0.1) is 0 Å². The van der Waals surface area contributed by atoms with Gasteiger partial charge in [0.1, 0.15) is 23.8 Å². The molecular weight excluding hydrogens is 498 g/mol. The first-order chi connectivity index (χ1) is 19.1. The summed E-state index contributed by atoms with van der Waals surface area (Å²) in [5.41, 5.74) is 1.41. The molecule has 9 nitrogen and oxygen atoms in total. The predicted molar refractivity (Wildman–Crippen MR) is 147 cm³/mol. The molecule has 9 heteroatoms. The molecule has 0 unspecified atom stereocenters. The van der Waals surface area contributed by atoms with Gasteiger partial charge in [-0.05, 0) is 36.2 Å². The molecule has 1 aliphatic rings. The molecule has 2 aromatic carbocycles. The Labute approximate surface area is 229 Å². The molecule has 0 atom stereocenters. The van der Waals surface area contributed by atoms with E-state index in [1.165, 1.54) is 0 Å². The maximum absolute atomic E-state index is 13.8. The maximum Gasteiger partial charge on any atom is 0.254 e. The third-order valence-corrected chi connectivity index (χ3v) is 6.71. The quantitative estimate of drug-likeness (QED) is 0.330.